The number of rotatable bonds is 4. The Morgan fingerprint density at radius 3 is 2.11 bits per heavy atom. The highest BCUT2D eigenvalue weighted by molar-refractivity contribution is 5.31. The molecular formula is C16H25NO2. The van der Waals surface area contributed by atoms with Gasteiger partial charge in [0.1, 0.15) is 23.8 Å². The van der Waals surface area contributed by atoms with Crippen molar-refractivity contribution in [2.24, 2.45) is 0 Å². The molecule has 0 aromatic heterocycles. The van der Waals surface area contributed by atoms with Crippen LogP contribution < -0.4 is 9.47 Å². The zero-order chi connectivity index (χ0) is 13.7. The van der Waals surface area contributed by atoms with Crippen molar-refractivity contribution >= 4 is 0 Å². The van der Waals surface area contributed by atoms with Crippen LogP contribution in [0.15, 0.2) is 24.3 Å². The molecule has 1 aliphatic rings. The molecule has 0 radical (unpaired) electrons. The van der Waals surface area contributed by atoms with E-state index in [1.54, 1.807) is 0 Å². The van der Waals surface area contributed by atoms with E-state index in [2.05, 4.69) is 4.90 Å². The minimum Gasteiger partial charge on any atom is -0.488 e. The van der Waals surface area contributed by atoms with Crippen LogP contribution >= 0.6 is 0 Å². The van der Waals surface area contributed by atoms with Gasteiger partial charge in [-0.15, -0.1) is 0 Å². The zero-order valence-corrected chi connectivity index (χ0v) is 12.3. The first-order chi connectivity index (χ1) is 9.03. The third-order valence-electron chi connectivity index (χ3n) is 3.11. The van der Waals surface area contributed by atoms with Crippen molar-refractivity contribution in [1.29, 1.82) is 0 Å². The summed E-state index contributed by atoms with van der Waals surface area (Å²) >= 11 is 0. The van der Waals surface area contributed by atoms with E-state index in [-0.39, 0.29) is 5.60 Å². The summed E-state index contributed by atoms with van der Waals surface area (Å²) in [5.74, 6) is 1.80. The number of hydrogen-bond donors (Lipinski definition) is 0. The third-order valence-corrected chi connectivity index (χ3v) is 3.11. The number of nitrogens with zero attached hydrogens (tertiary/aromatic N) is 1. The molecule has 1 heterocycles. The second kappa shape index (κ2) is 6.29. The molecular weight excluding hydrogens is 238 g/mol. The highest BCUT2D eigenvalue weighted by atomic mass is 16.5. The molecule has 1 aromatic carbocycles. The van der Waals surface area contributed by atoms with Crippen LogP contribution in [0, 0.1) is 0 Å². The van der Waals surface area contributed by atoms with E-state index in [1.807, 2.05) is 45.0 Å². The maximum Gasteiger partial charge on any atom is 0.142 e. The molecule has 19 heavy (non-hydrogen) atoms. The molecule has 0 bridgehead atoms. The molecule has 2 rings (SSSR count). The molecule has 0 atom stereocenters. The average Bonchev–Trinajstić information content (AvgIpc) is 2.37. The summed E-state index contributed by atoms with van der Waals surface area (Å²) in [6, 6.07) is 7.89. The molecule has 1 saturated heterocycles. The lowest BCUT2D eigenvalue weighted by molar-refractivity contribution is 0.106. The Kier molecular flexibility index (Phi) is 4.70. The lowest BCUT2D eigenvalue weighted by atomic mass is 10.1. The van der Waals surface area contributed by atoms with Gasteiger partial charge < -0.3 is 9.47 Å². The van der Waals surface area contributed by atoms with Gasteiger partial charge in [-0.2, -0.15) is 0 Å². The fourth-order valence-corrected chi connectivity index (χ4v) is 2.21. The maximum absolute atomic E-state index is 5.80. The van der Waals surface area contributed by atoms with Crippen molar-refractivity contribution in [2.45, 2.75) is 45.6 Å². The van der Waals surface area contributed by atoms with Crippen LogP contribution in [0.1, 0.15) is 40.0 Å². The first-order valence-electron chi connectivity index (χ1n) is 7.17. The van der Waals surface area contributed by atoms with Gasteiger partial charge in [0.2, 0.25) is 0 Å². The fourth-order valence-electron chi connectivity index (χ4n) is 2.21. The molecule has 0 spiro atoms. The molecule has 1 aliphatic heterocycles. The van der Waals surface area contributed by atoms with Crippen molar-refractivity contribution in [1.82, 2.24) is 4.90 Å². The predicted molar refractivity (Wildman–Crippen MR) is 77.7 cm³/mol. The van der Waals surface area contributed by atoms with E-state index in [0.29, 0.717) is 6.73 Å². The van der Waals surface area contributed by atoms with Gasteiger partial charge in [0.25, 0.3) is 0 Å². The van der Waals surface area contributed by atoms with Crippen LogP contribution in [0.3, 0.4) is 0 Å². The smallest absolute Gasteiger partial charge is 0.142 e. The van der Waals surface area contributed by atoms with E-state index in [1.165, 1.54) is 19.3 Å². The van der Waals surface area contributed by atoms with Gasteiger partial charge in [0, 0.05) is 13.1 Å². The molecule has 3 nitrogen and oxygen atoms in total. The standard InChI is InChI=1S/C16H25NO2/c1-16(2,3)19-15-9-7-14(8-10-15)18-13-17-11-5-4-6-12-17/h7-10H,4-6,11-13H2,1-3H3. The Morgan fingerprint density at radius 2 is 1.53 bits per heavy atom. The van der Waals surface area contributed by atoms with E-state index < -0.39 is 0 Å². The SMILES string of the molecule is CC(C)(C)Oc1ccc(OCN2CCCCC2)cc1. The Hall–Kier alpha value is -1.22. The quantitative estimate of drug-likeness (QED) is 0.827. The molecule has 0 amide bonds. The minimum absolute atomic E-state index is 0.157. The van der Waals surface area contributed by atoms with Gasteiger partial charge in [-0.3, -0.25) is 4.90 Å². The summed E-state index contributed by atoms with van der Waals surface area (Å²) in [4.78, 5) is 2.36. The van der Waals surface area contributed by atoms with Gasteiger partial charge in [-0.05, 0) is 57.9 Å². The molecule has 1 aromatic rings. The molecule has 0 N–H and O–H groups in total. The van der Waals surface area contributed by atoms with Gasteiger partial charge in [-0.1, -0.05) is 6.42 Å². The number of piperidine rings is 1. The maximum atomic E-state index is 5.80. The molecule has 0 unspecified atom stereocenters. The summed E-state index contributed by atoms with van der Waals surface area (Å²) in [6.45, 7) is 9.16. The van der Waals surface area contributed by atoms with Crippen LogP contribution in [0.2, 0.25) is 0 Å². The largest absolute Gasteiger partial charge is 0.488 e. The lowest BCUT2D eigenvalue weighted by Crippen LogP contribution is -2.33. The molecule has 3 heteroatoms. The summed E-state index contributed by atoms with van der Waals surface area (Å²) in [5.41, 5.74) is -0.157. The van der Waals surface area contributed by atoms with E-state index in [0.717, 1.165) is 24.6 Å². The van der Waals surface area contributed by atoms with E-state index >= 15 is 0 Å². The van der Waals surface area contributed by atoms with Crippen molar-refractivity contribution in [3.05, 3.63) is 24.3 Å². The average molecular weight is 263 g/mol. The second-order valence-corrected chi connectivity index (χ2v) is 6.14. The van der Waals surface area contributed by atoms with Crippen molar-refractivity contribution in [3.8, 4) is 11.5 Å². The Morgan fingerprint density at radius 1 is 0.947 bits per heavy atom. The predicted octanol–water partition coefficient (Wildman–Crippen LogP) is 3.69. The van der Waals surface area contributed by atoms with Crippen LogP contribution in [-0.2, 0) is 0 Å². The van der Waals surface area contributed by atoms with Gasteiger partial charge >= 0.3 is 0 Å². The summed E-state index contributed by atoms with van der Waals surface area (Å²) in [5, 5.41) is 0. The van der Waals surface area contributed by atoms with Crippen molar-refractivity contribution < 1.29 is 9.47 Å². The monoisotopic (exact) mass is 263 g/mol. The molecule has 106 valence electrons. The first kappa shape index (κ1) is 14.2. The van der Waals surface area contributed by atoms with Gasteiger partial charge in [0.15, 0.2) is 0 Å². The van der Waals surface area contributed by atoms with Gasteiger partial charge in [0.05, 0.1) is 0 Å². The minimum atomic E-state index is -0.157. The second-order valence-electron chi connectivity index (χ2n) is 6.14. The molecule has 1 fully saturated rings. The Balaban J connectivity index is 1.81. The first-order valence-corrected chi connectivity index (χ1v) is 7.17. The molecule has 0 aliphatic carbocycles. The van der Waals surface area contributed by atoms with E-state index in [9.17, 15) is 0 Å². The number of hydrogen-bond acceptors (Lipinski definition) is 3. The summed E-state index contributed by atoms with van der Waals surface area (Å²) < 4.78 is 11.6. The van der Waals surface area contributed by atoms with E-state index in [4.69, 9.17) is 9.47 Å². The summed E-state index contributed by atoms with van der Waals surface area (Å²) in [6.07, 6.45) is 3.94. The highest BCUT2D eigenvalue weighted by Crippen LogP contribution is 2.22. The molecule has 0 saturated carbocycles. The number of ether oxygens (including phenoxy) is 2. The zero-order valence-electron chi connectivity index (χ0n) is 12.3. The van der Waals surface area contributed by atoms with Crippen LogP contribution in [0.5, 0.6) is 11.5 Å². The van der Waals surface area contributed by atoms with Gasteiger partial charge in [-0.25, -0.2) is 0 Å². The highest BCUT2D eigenvalue weighted by Gasteiger charge is 2.12. The number of benzene rings is 1. The Labute approximate surface area is 116 Å². The Bertz CT molecular complexity index is 375. The topological polar surface area (TPSA) is 21.7 Å². The van der Waals surface area contributed by atoms with Crippen molar-refractivity contribution in [2.75, 3.05) is 19.8 Å². The summed E-state index contributed by atoms with van der Waals surface area (Å²) in [7, 11) is 0. The number of likely N-dealkylation sites (tertiary alicyclic amines) is 1. The van der Waals surface area contributed by atoms with Crippen LogP contribution in [0.25, 0.3) is 0 Å². The fraction of sp³-hybridized carbons (Fsp3) is 0.625. The lowest BCUT2D eigenvalue weighted by Gasteiger charge is -2.26. The van der Waals surface area contributed by atoms with Crippen molar-refractivity contribution in [3.63, 3.8) is 0 Å². The normalized spacial score (nSPS) is 17.2. The third kappa shape index (κ3) is 5.11. The van der Waals surface area contributed by atoms with Crippen LogP contribution in [0.4, 0.5) is 0 Å². The van der Waals surface area contributed by atoms with Crippen LogP contribution in [-0.4, -0.2) is 30.3 Å².